The molecule has 1 aromatic rings. The van der Waals surface area contributed by atoms with Crippen molar-refractivity contribution in [3.63, 3.8) is 0 Å². The van der Waals surface area contributed by atoms with E-state index in [9.17, 15) is 0 Å². The van der Waals surface area contributed by atoms with Crippen LogP contribution in [0.15, 0.2) is 6.20 Å². The van der Waals surface area contributed by atoms with Gasteiger partial charge in [0.2, 0.25) is 0 Å². The predicted molar refractivity (Wildman–Crippen MR) is 73.1 cm³/mol. The molecule has 1 rings (SSSR count). The van der Waals surface area contributed by atoms with Gasteiger partial charge in [-0.3, -0.25) is 4.68 Å². The lowest BCUT2D eigenvalue weighted by atomic mass is 10.1. The molecule has 0 aliphatic heterocycles. The molecule has 1 N–H and O–H groups in total. The third kappa shape index (κ3) is 4.15. The molecular formula is C14H27N3. The monoisotopic (exact) mass is 237 g/mol. The highest BCUT2D eigenvalue weighted by molar-refractivity contribution is 5.19. The van der Waals surface area contributed by atoms with Crippen molar-refractivity contribution >= 4 is 0 Å². The maximum Gasteiger partial charge on any atom is 0.0540 e. The number of hydrogen-bond acceptors (Lipinski definition) is 2. The van der Waals surface area contributed by atoms with E-state index in [1.807, 2.05) is 6.20 Å². The molecule has 0 amide bonds. The highest BCUT2D eigenvalue weighted by Gasteiger charge is 2.12. The second-order valence-corrected chi connectivity index (χ2v) is 5.27. The Labute approximate surface area is 106 Å². The Hall–Kier alpha value is -0.830. The van der Waals surface area contributed by atoms with Gasteiger partial charge >= 0.3 is 0 Å². The van der Waals surface area contributed by atoms with Crippen molar-refractivity contribution in [2.24, 2.45) is 5.92 Å². The Balaban J connectivity index is 2.62. The minimum Gasteiger partial charge on any atom is -0.310 e. The first-order chi connectivity index (χ1) is 8.06. The van der Waals surface area contributed by atoms with Crippen LogP contribution in [0, 0.1) is 12.8 Å². The molecule has 0 aliphatic carbocycles. The largest absolute Gasteiger partial charge is 0.310 e. The number of rotatable bonds is 7. The van der Waals surface area contributed by atoms with Crippen molar-refractivity contribution in [2.45, 2.75) is 60.0 Å². The van der Waals surface area contributed by atoms with Crippen molar-refractivity contribution in [2.75, 3.05) is 6.54 Å². The third-order valence-electron chi connectivity index (χ3n) is 3.23. The molecule has 0 saturated heterocycles. The van der Waals surface area contributed by atoms with Crippen LogP contribution >= 0.6 is 0 Å². The Morgan fingerprint density at radius 3 is 2.65 bits per heavy atom. The van der Waals surface area contributed by atoms with Crippen molar-refractivity contribution in [1.29, 1.82) is 0 Å². The lowest BCUT2D eigenvalue weighted by Crippen LogP contribution is -2.19. The summed E-state index contributed by atoms with van der Waals surface area (Å²) in [5.74, 6) is 0.734. The van der Waals surface area contributed by atoms with Crippen LogP contribution in [0.2, 0.25) is 0 Å². The normalized spacial score (nSPS) is 13.3. The van der Waals surface area contributed by atoms with Crippen molar-refractivity contribution in [1.82, 2.24) is 15.1 Å². The quantitative estimate of drug-likeness (QED) is 0.788. The number of hydrogen-bond donors (Lipinski definition) is 1. The molecule has 0 spiro atoms. The molecule has 1 atom stereocenters. The fourth-order valence-corrected chi connectivity index (χ4v) is 1.96. The SMILES string of the molecule is CCCNC(C)c1cnn(CCC(C)C)c1C. The molecule has 0 radical (unpaired) electrons. The summed E-state index contributed by atoms with van der Waals surface area (Å²) in [4.78, 5) is 0. The summed E-state index contributed by atoms with van der Waals surface area (Å²) in [6.07, 6.45) is 4.38. The highest BCUT2D eigenvalue weighted by Crippen LogP contribution is 2.17. The summed E-state index contributed by atoms with van der Waals surface area (Å²) >= 11 is 0. The second kappa shape index (κ2) is 6.80. The van der Waals surface area contributed by atoms with Gasteiger partial charge in [-0.15, -0.1) is 0 Å². The molecular weight excluding hydrogens is 210 g/mol. The van der Waals surface area contributed by atoms with Crippen LogP contribution in [0.25, 0.3) is 0 Å². The van der Waals surface area contributed by atoms with Gasteiger partial charge in [-0.25, -0.2) is 0 Å². The zero-order valence-corrected chi connectivity index (χ0v) is 12.0. The van der Waals surface area contributed by atoms with E-state index in [1.54, 1.807) is 0 Å². The van der Waals surface area contributed by atoms with E-state index in [4.69, 9.17) is 0 Å². The molecule has 17 heavy (non-hydrogen) atoms. The van der Waals surface area contributed by atoms with Gasteiger partial charge in [-0.05, 0) is 39.2 Å². The van der Waals surface area contributed by atoms with Crippen LogP contribution in [0.1, 0.15) is 57.8 Å². The molecule has 1 aromatic heterocycles. The van der Waals surface area contributed by atoms with E-state index in [-0.39, 0.29) is 0 Å². The first-order valence-corrected chi connectivity index (χ1v) is 6.82. The number of nitrogens with zero attached hydrogens (tertiary/aromatic N) is 2. The summed E-state index contributed by atoms with van der Waals surface area (Å²) < 4.78 is 2.14. The molecule has 0 fully saturated rings. The van der Waals surface area contributed by atoms with Crippen LogP contribution in [0.4, 0.5) is 0 Å². The molecule has 3 heteroatoms. The number of nitrogens with one attached hydrogen (secondary N) is 1. The van der Waals surface area contributed by atoms with E-state index < -0.39 is 0 Å². The predicted octanol–water partition coefficient (Wildman–Crippen LogP) is 3.30. The summed E-state index contributed by atoms with van der Waals surface area (Å²) in [5.41, 5.74) is 2.64. The Kier molecular flexibility index (Phi) is 5.69. The zero-order valence-electron chi connectivity index (χ0n) is 12.0. The zero-order chi connectivity index (χ0) is 12.8. The van der Waals surface area contributed by atoms with Crippen LogP contribution < -0.4 is 5.32 Å². The van der Waals surface area contributed by atoms with Crippen molar-refractivity contribution in [3.05, 3.63) is 17.5 Å². The molecule has 0 saturated carbocycles. The Bertz CT molecular complexity index is 328. The van der Waals surface area contributed by atoms with E-state index in [2.05, 4.69) is 49.7 Å². The summed E-state index contributed by atoms with van der Waals surface area (Å²) in [6, 6.07) is 0.405. The summed E-state index contributed by atoms with van der Waals surface area (Å²) in [5, 5.41) is 8.01. The van der Waals surface area contributed by atoms with Crippen LogP contribution in [-0.4, -0.2) is 16.3 Å². The maximum atomic E-state index is 4.49. The lowest BCUT2D eigenvalue weighted by molar-refractivity contribution is 0.478. The van der Waals surface area contributed by atoms with Gasteiger partial charge in [0.05, 0.1) is 6.20 Å². The average Bonchev–Trinajstić information content (AvgIpc) is 2.65. The van der Waals surface area contributed by atoms with Gasteiger partial charge in [0, 0.05) is 23.8 Å². The molecule has 0 bridgehead atoms. The lowest BCUT2D eigenvalue weighted by Gasteiger charge is -2.13. The standard InChI is InChI=1S/C14H27N3/c1-6-8-15-12(4)14-10-16-17(13(14)5)9-7-11(2)3/h10-12,15H,6-9H2,1-5H3. The Morgan fingerprint density at radius 1 is 1.35 bits per heavy atom. The van der Waals surface area contributed by atoms with Gasteiger partial charge in [0.15, 0.2) is 0 Å². The number of aromatic nitrogens is 2. The van der Waals surface area contributed by atoms with Crippen LogP contribution in [-0.2, 0) is 6.54 Å². The van der Waals surface area contributed by atoms with E-state index in [1.165, 1.54) is 24.1 Å². The topological polar surface area (TPSA) is 29.9 Å². The first-order valence-electron chi connectivity index (χ1n) is 6.82. The fraction of sp³-hybridized carbons (Fsp3) is 0.786. The molecule has 0 aromatic carbocycles. The fourth-order valence-electron chi connectivity index (χ4n) is 1.96. The van der Waals surface area contributed by atoms with Gasteiger partial charge < -0.3 is 5.32 Å². The third-order valence-corrected chi connectivity index (χ3v) is 3.23. The molecule has 3 nitrogen and oxygen atoms in total. The molecule has 1 unspecified atom stereocenters. The molecule has 98 valence electrons. The van der Waals surface area contributed by atoms with Crippen molar-refractivity contribution in [3.8, 4) is 0 Å². The second-order valence-electron chi connectivity index (χ2n) is 5.27. The summed E-state index contributed by atoms with van der Waals surface area (Å²) in [6.45, 7) is 13.2. The van der Waals surface area contributed by atoms with Gasteiger partial charge in [0.25, 0.3) is 0 Å². The van der Waals surface area contributed by atoms with Crippen molar-refractivity contribution < 1.29 is 0 Å². The van der Waals surface area contributed by atoms with E-state index >= 15 is 0 Å². The maximum absolute atomic E-state index is 4.49. The Morgan fingerprint density at radius 2 is 2.06 bits per heavy atom. The highest BCUT2D eigenvalue weighted by atomic mass is 15.3. The van der Waals surface area contributed by atoms with Crippen LogP contribution in [0.5, 0.6) is 0 Å². The molecule has 1 heterocycles. The number of aryl methyl sites for hydroxylation is 1. The molecule has 0 aliphatic rings. The average molecular weight is 237 g/mol. The minimum atomic E-state index is 0.405. The van der Waals surface area contributed by atoms with Gasteiger partial charge in [-0.1, -0.05) is 20.8 Å². The smallest absolute Gasteiger partial charge is 0.0540 e. The summed E-state index contributed by atoms with van der Waals surface area (Å²) in [7, 11) is 0. The van der Waals surface area contributed by atoms with E-state index in [0.29, 0.717) is 6.04 Å². The first kappa shape index (κ1) is 14.2. The van der Waals surface area contributed by atoms with Gasteiger partial charge in [0.1, 0.15) is 0 Å². The minimum absolute atomic E-state index is 0.405. The van der Waals surface area contributed by atoms with Gasteiger partial charge in [-0.2, -0.15) is 5.10 Å². The van der Waals surface area contributed by atoms with E-state index in [0.717, 1.165) is 19.0 Å². The van der Waals surface area contributed by atoms with Crippen LogP contribution in [0.3, 0.4) is 0 Å².